The fraction of sp³-hybridized carbons (Fsp3) is 0.500. The van der Waals surface area contributed by atoms with Crippen LogP contribution in [0, 0.1) is 0 Å². The maximum absolute atomic E-state index is 10.9. The van der Waals surface area contributed by atoms with Gasteiger partial charge in [0, 0.05) is 5.70 Å². The third kappa shape index (κ3) is 6.80. The second kappa shape index (κ2) is 5.35. The van der Waals surface area contributed by atoms with Crippen LogP contribution in [0.3, 0.4) is 0 Å². The van der Waals surface area contributed by atoms with Crippen LogP contribution >= 0.6 is 0 Å². The molecule has 0 aromatic rings. The second-order valence-corrected chi connectivity index (χ2v) is 2.61. The van der Waals surface area contributed by atoms with Crippen LogP contribution in [-0.2, 0) is 9.59 Å². The molecule has 12 heavy (non-hydrogen) atoms. The van der Waals surface area contributed by atoms with Crippen molar-refractivity contribution < 1.29 is 9.59 Å². The predicted octanol–water partition coefficient (Wildman–Crippen LogP) is -0.185. The molecule has 0 aliphatic heterocycles. The van der Waals surface area contributed by atoms with Gasteiger partial charge in [0.25, 0.3) is 0 Å². The van der Waals surface area contributed by atoms with Crippen LogP contribution in [0.15, 0.2) is 12.3 Å². The first-order chi connectivity index (χ1) is 5.52. The molecule has 4 nitrogen and oxygen atoms in total. The van der Waals surface area contributed by atoms with E-state index in [9.17, 15) is 9.59 Å². The summed E-state index contributed by atoms with van der Waals surface area (Å²) in [7, 11) is 0. The number of carbonyl (C=O) groups is 2. The largest absolute Gasteiger partial charge is 0.380 e. The minimum Gasteiger partial charge on any atom is -0.380 e. The Morgan fingerprint density at radius 1 is 1.17 bits per heavy atom. The summed E-state index contributed by atoms with van der Waals surface area (Å²) in [5.74, 6) is -0.258. The SMILES string of the molecule is C=C(C)NCC(=O)NCC(C)=O. The third-order valence-corrected chi connectivity index (χ3v) is 1.09. The molecular weight excluding hydrogens is 156 g/mol. The van der Waals surface area contributed by atoms with Gasteiger partial charge in [0.2, 0.25) is 5.91 Å². The van der Waals surface area contributed by atoms with E-state index in [2.05, 4.69) is 17.2 Å². The number of allylic oxidation sites excluding steroid dienone is 1. The van der Waals surface area contributed by atoms with E-state index >= 15 is 0 Å². The Morgan fingerprint density at radius 3 is 2.17 bits per heavy atom. The third-order valence-electron chi connectivity index (χ3n) is 1.09. The standard InChI is InChI=1S/C8H14N2O2/c1-6(2)9-5-8(12)10-4-7(3)11/h9H,1,4-5H2,2-3H3,(H,10,12). The van der Waals surface area contributed by atoms with Crippen molar-refractivity contribution in [2.45, 2.75) is 13.8 Å². The molecule has 0 aliphatic rings. The van der Waals surface area contributed by atoms with Crippen LogP contribution in [0.5, 0.6) is 0 Å². The topological polar surface area (TPSA) is 58.2 Å². The number of rotatable bonds is 5. The van der Waals surface area contributed by atoms with E-state index in [1.807, 2.05) is 0 Å². The molecule has 1 amide bonds. The zero-order chi connectivity index (χ0) is 9.56. The summed E-state index contributed by atoms with van der Waals surface area (Å²) in [6.07, 6.45) is 0. The number of hydrogen-bond acceptors (Lipinski definition) is 3. The summed E-state index contributed by atoms with van der Waals surface area (Å²) >= 11 is 0. The molecule has 0 rings (SSSR count). The van der Waals surface area contributed by atoms with Crippen LogP contribution in [0.1, 0.15) is 13.8 Å². The van der Waals surface area contributed by atoms with Crippen molar-refractivity contribution in [1.82, 2.24) is 10.6 Å². The van der Waals surface area contributed by atoms with E-state index < -0.39 is 0 Å². The molecule has 0 aromatic carbocycles. The highest BCUT2D eigenvalue weighted by molar-refractivity contribution is 5.85. The van der Waals surface area contributed by atoms with Crippen molar-refractivity contribution in [2.75, 3.05) is 13.1 Å². The fourth-order valence-corrected chi connectivity index (χ4v) is 0.517. The van der Waals surface area contributed by atoms with E-state index in [-0.39, 0.29) is 24.8 Å². The van der Waals surface area contributed by atoms with Gasteiger partial charge >= 0.3 is 0 Å². The lowest BCUT2D eigenvalue weighted by Crippen LogP contribution is -2.35. The summed E-state index contributed by atoms with van der Waals surface area (Å²) in [4.78, 5) is 21.3. The van der Waals surface area contributed by atoms with Crippen molar-refractivity contribution in [1.29, 1.82) is 0 Å². The van der Waals surface area contributed by atoms with Crippen LogP contribution in [0.4, 0.5) is 0 Å². The summed E-state index contributed by atoms with van der Waals surface area (Å²) in [5.41, 5.74) is 0.730. The molecule has 0 heterocycles. The molecule has 0 unspecified atom stereocenters. The van der Waals surface area contributed by atoms with Gasteiger partial charge in [-0.05, 0) is 13.8 Å². The Labute approximate surface area is 72.0 Å². The van der Waals surface area contributed by atoms with Crippen LogP contribution in [0.25, 0.3) is 0 Å². The van der Waals surface area contributed by atoms with Gasteiger partial charge in [-0.15, -0.1) is 0 Å². The molecule has 0 bridgehead atoms. The smallest absolute Gasteiger partial charge is 0.239 e. The highest BCUT2D eigenvalue weighted by Gasteiger charge is 2.00. The Balaban J connectivity index is 3.47. The molecule has 2 N–H and O–H groups in total. The number of Topliss-reactive ketones (excluding diaryl/α,β-unsaturated/α-hetero) is 1. The van der Waals surface area contributed by atoms with Crippen molar-refractivity contribution >= 4 is 11.7 Å². The van der Waals surface area contributed by atoms with Crippen molar-refractivity contribution in [3.05, 3.63) is 12.3 Å². The first-order valence-electron chi connectivity index (χ1n) is 3.68. The molecule has 0 saturated carbocycles. The van der Waals surface area contributed by atoms with Gasteiger partial charge < -0.3 is 10.6 Å². The first-order valence-corrected chi connectivity index (χ1v) is 3.68. The van der Waals surface area contributed by atoms with E-state index in [0.717, 1.165) is 5.70 Å². The highest BCUT2D eigenvalue weighted by atomic mass is 16.2. The number of amides is 1. The molecule has 0 saturated heterocycles. The van der Waals surface area contributed by atoms with Gasteiger partial charge in [0.05, 0.1) is 13.1 Å². The molecule has 0 radical (unpaired) electrons. The number of hydrogen-bond donors (Lipinski definition) is 2. The average Bonchev–Trinajstić information content (AvgIpc) is 1.96. The lowest BCUT2D eigenvalue weighted by atomic mass is 10.4. The fourth-order valence-electron chi connectivity index (χ4n) is 0.517. The molecule has 4 heteroatoms. The Morgan fingerprint density at radius 2 is 1.75 bits per heavy atom. The van der Waals surface area contributed by atoms with E-state index in [4.69, 9.17) is 0 Å². The molecule has 0 spiro atoms. The highest BCUT2D eigenvalue weighted by Crippen LogP contribution is 1.76. The Bertz CT molecular complexity index is 179. The number of nitrogens with one attached hydrogen (secondary N) is 2. The van der Waals surface area contributed by atoms with Gasteiger partial charge in [-0.25, -0.2) is 0 Å². The van der Waals surface area contributed by atoms with Gasteiger partial charge in [0.1, 0.15) is 5.78 Å². The lowest BCUT2D eigenvalue weighted by Gasteiger charge is -2.04. The van der Waals surface area contributed by atoms with E-state index in [1.165, 1.54) is 6.92 Å². The summed E-state index contributed by atoms with van der Waals surface area (Å²) in [5, 5.41) is 5.20. The maximum Gasteiger partial charge on any atom is 0.239 e. The van der Waals surface area contributed by atoms with E-state index in [1.54, 1.807) is 6.92 Å². The van der Waals surface area contributed by atoms with Crippen molar-refractivity contribution in [2.24, 2.45) is 0 Å². The maximum atomic E-state index is 10.9. The van der Waals surface area contributed by atoms with Crippen LogP contribution in [-0.4, -0.2) is 24.8 Å². The molecule has 68 valence electrons. The Kier molecular flexibility index (Phi) is 4.76. The minimum absolute atomic E-state index is 0.0568. The van der Waals surface area contributed by atoms with Crippen LogP contribution < -0.4 is 10.6 Å². The minimum atomic E-state index is -0.201. The van der Waals surface area contributed by atoms with Crippen molar-refractivity contribution in [3.8, 4) is 0 Å². The quantitative estimate of drug-likeness (QED) is 0.601. The van der Waals surface area contributed by atoms with Gasteiger partial charge in [0.15, 0.2) is 0 Å². The zero-order valence-electron chi connectivity index (χ0n) is 7.44. The number of carbonyl (C=O) groups excluding carboxylic acids is 2. The summed E-state index contributed by atoms with van der Waals surface area (Å²) in [6, 6.07) is 0. The normalized spacial score (nSPS) is 8.83. The van der Waals surface area contributed by atoms with Crippen LogP contribution in [0.2, 0.25) is 0 Å². The molecule has 0 fully saturated rings. The summed E-state index contributed by atoms with van der Waals surface area (Å²) in [6.45, 7) is 7.01. The van der Waals surface area contributed by atoms with Gasteiger partial charge in [-0.2, -0.15) is 0 Å². The monoisotopic (exact) mass is 170 g/mol. The zero-order valence-corrected chi connectivity index (χ0v) is 7.44. The number of ketones is 1. The van der Waals surface area contributed by atoms with Gasteiger partial charge in [-0.1, -0.05) is 6.58 Å². The Hall–Kier alpha value is -1.32. The second-order valence-electron chi connectivity index (χ2n) is 2.61. The lowest BCUT2D eigenvalue weighted by molar-refractivity contribution is -0.123. The van der Waals surface area contributed by atoms with E-state index in [0.29, 0.717) is 0 Å². The molecule has 0 aromatic heterocycles. The predicted molar refractivity (Wildman–Crippen MR) is 46.5 cm³/mol. The van der Waals surface area contributed by atoms with Gasteiger partial charge in [-0.3, -0.25) is 9.59 Å². The molecule has 0 aliphatic carbocycles. The molecular formula is C8H14N2O2. The average molecular weight is 170 g/mol. The molecule has 0 atom stereocenters. The summed E-state index contributed by atoms with van der Waals surface area (Å²) < 4.78 is 0. The first kappa shape index (κ1) is 10.7. The van der Waals surface area contributed by atoms with Crippen molar-refractivity contribution in [3.63, 3.8) is 0 Å².